The predicted molar refractivity (Wildman–Crippen MR) is 108 cm³/mol. The average Bonchev–Trinajstić information content (AvgIpc) is 3.26. The first-order valence-electron chi connectivity index (χ1n) is 10.2. The Labute approximate surface area is 166 Å². The number of carbonyl (C=O) groups excluding carboxylic acids is 1. The van der Waals surface area contributed by atoms with E-state index in [0.717, 1.165) is 51.1 Å². The predicted octanol–water partition coefficient (Wildman–Crippen LogP) is 1.92. The van der Waals surface area contributed by atoms with Crippen LogP contribution in [0.15, 0.2) is 42.7 Å². The number of rotatable bonds is 5. The Morgan fingerprint density at radius 3 is 2.64 bits per heavy atom. The molecule has 1 spiro atoms. The molecule has 2 aliphatic rings. The largest absolute Gasteiger partial charge is 0.396 e. The van der Waals surface area contributed by atoms with Crippen LogP contribution < -0.4 is 0 Å². The Morgan fingerprint density at radius 2 is 2.00 bits per heavy atom. The van der Waals surface area contributed by atoms with E-state index in [0.29, 0.717) is 12.5 Å². The maximum atomic E-state index is 12.6. The highest BCUT2D eigenvalue weighted by Gasteiger charge is 2.47. The van der Waals surface area contributed by atoms with Crippen LogP contribution in [-0.2, 0) is 17.9 Å². The molecule has 2 fully saturated rings. The Bertz CT molecular complexity index is 796. The van der Waals surface area contributed by atoms with Gasteiger partial charge in [0.1, 0.15) is 6.54 Å². The lowest BCUT2D eigenvalue weighted by Gasteiger charge is -2.42. The first-order valence-corrected chi connectivity index (χ1v) is 10.2. The van der Waals surface area contributed by atoms with Gasteiger partial charge in [0, 0.05) is 51.4 Å². The van der Waals surface area contributed by atoms with Crippen molar-refractivity contribution in [3.8, 4) is 0 Å². The van der Waals surface area contributed by atoms with Gasteiger partial charge < -0.3 is 10.0 Å². The summed E-state index contributed by atoms with van der Waals surface area (Å²) >= 11 is 0. The van der Waals surface area contributed by atoms with Crippen molar-refractivity contribution in [1.29, 1.82) is 0 Å². The maximum absolute atomic E-state index is 12.6. The monoisotopic (exact) mass is 382 g/mol. The summed E-state index contributed by atoms with van der Waals surface area (Å²) in [5.41, 5.74) is 2.52. The second-order valence-corrected chi connectivity index (χ2v) is 8.49. The fourth-order valence-corrected chi connectivity index (χ4v) is 4.92. The van der Waals surface area contributed by atoms with Gasteiger partial charge in [0.15, 0.2) is 0 Å². The summed E-state index contributed by atoms with van der Waals surface area (Å²) in [5, 5.41) is 14.2. The van der Waals surface area contributed by atoms with Gasteiger partial charge in [0.05, 0.1) is 6.20 Å². The number of aromatic nitrogens is 2. The average molecular weight is 383 g/mol. The maximum Gasteiger partial charge on any atom is 0.244 e. The molecule has 2 aliphatic heterocycles. The fraction of sp³-hybridized carbons (Fsp3) is 0.545. The summed E-state index contributed by atoms with van der Waals surface area (Å²) in [6, 6.07) is 10.5. The summed E-state index contributed by atoms with van der Waals surface area (Å²) in [5.74, 6) is 0.430. The molecule has 2 aromatic rings. The van der Waals surface area contributed by atoms with E-state index in [1.807, 2.05) is 24.1 Å². The molecule has 1 unspecified atom stereocenters. The van der Waals surface area contributed by atoms with E-state index < -0.39 is 0 Å². The van der Waals surface area contributed by atoms with Crippen molar-refractivity contribution < 1.29 is 9.90 Å². The van der Waals surface area contributed by atoms with E-state index in [1.165, 1.54) is 5.56 Å². The standard InChI is InChI=1S/C22H30N4O2/c1-18-11-23-26(12-18)15-21(28)25-9-7-22(8-10-25)17-24(14-20(22)16-27)13-19-5-3-2-4-6-19/h2-6,11-12,20,27H,7-10,13-17H2,1H3. The molecule has 150 valence electrons. The summed E-state index contributed by atoms with van der Waals surface area (Å²) < 4.78 is 1.72. The van der Waals surface area contributed by atoms with Crippen molar-refractivity contribution in [2.24, 2.45) is 11.3 Å². The molecule has 1 N–H and O–H groups in total. The van der Waals surface area contributed by atoms with Crippen LogP contribution in [0.5, 0.6) is 0 Å². The Balaban J connectivity index is 1.36. The van der Waals surface area contributed by atoms with Gasteiger partial charge in [-0.2, -0.15) is 5.10 Å². The number of benzene rings is 1. The molecule has 1 amide bonds. The van der Waals surface area contributed by atoms with Crippen LogP contribution in [0.1, 0.15) is 24.0 Å². The van der Waals surface area contributed by atoms with Crippen LogP contribution >= 0.6 is 0 Å². The van der Waals surface area contributed by atoms with Crippen molar-refractivity contribution in [2.75, 3.05) is 32.8 Å². The number of aliphatic hydroxyl groups is 1. The number of amides is 1. The summed E-state index contributed by atoms with van der Waals surface area (Å²) in [6.45, 7) is 6.94. The minimum atomic E-state index is 0.128. The highest BCUT2D eigenvalue weighted by molar-refractivity contribution is 5.76. The molecule has 6 nitrogen and oxygen atoms in total. The minimum Gasteiger partial charge on any atom is -0.396 e. The highest BCUT2D eigenvalue weighted by atomic mass is 16.3. The zero-order valence-electron chi connectivity index (χ0n) is 16.6. The molecule has 0 bridgehead atoms. The number of piperidine rings is 1. The molecule has 1 aromatic carbocycles. The van der Waals surface area contributed by atoms with E-state index in [2.05, 4.69) is 34.3 Å². The molecular weight excluding hydrogens is 352 g/mol. The van der Waals surface area contributed by atoms with E-state index in [4.69, 9.17) is 0 Å². The van der Waals surface area contributed by atoms with Gasteiger partial charge in [-0.1, -0.05) is 30.3 Å². The number of carbonyl (C=O) groups is 1. The zero-order valence-corrected chi connectivity index (χ0v) is 16.6. The first-order chi connectivity index (χ1) is 13.6. The van der Waals surface area contributed by atoms with E-state index in [1.54, 1.807) is 10.9 Å². The zero-order chi connectivity index (χ0) is 19.6. The summed E-state index contributed by atoms with van der Waals surface area (Å²) in [6.07, 6.45) is 5.62. The van der Waals surface area contributed by atoms with Crippen LogP contribution in [0.2, 0.25) is 0 Å². The van der Waals surface area contributed by atoms with Crippen molar-refractivity contribution >= 4 is 5.91 Å². The van der Waals surface area contributed by atoms with Gasteiger partial charge in [0.25, 0.3) is 0 Å². The van der Waals surface area contributed by atoms with Crippen LogP contribution in [0.25, 0.3) is 0 Å². The second kappa shape index (κ2) is 8.05. The van der Waals surface area contributed by atoms with Crippen LogP contribution in [0.4, 0.5) is 0 Å². The molecule has 0 saturated carbocycles. The highest BCUT2D eigenvalue weighted by Crippen LogP contribution is 2.44. The Kier molecular flexibility index (Phi) is 5.51. The van der Waals surface area contributed by atoms with Gasteiger partial charge >= 0.3 is 0 Å². The third-order valence-corrected chi connectivity index (χ3v) is 6.52. The molecule has 6 heteroatoms. The number of nitrogens with zero attached hydrogens (tertiary/aromatic N) is 4. The number of likely N-dealkylation sites (tertiary alicyclic amines) is 2. The number of aliphatic hydroxyl groups excluding tert-OH is 1. The van der Waals surface area contributed by atoms with Gasteiger partial charge in [-0.25, -0.2) is 0 Å². The molecular formula is C22H30N4O2. The topological polar surface area (TPSA) is 61.6 Å². The van der Waals surface area contributed by atoms with Crippen LogP contribution in [0.3, 0.4) is 0 Å². The second-order valence-electron chi connectivity index (χ2n) is 8.49. The van der Waals surface area contributed by atoms with Gasteiger partial charge in [-0.15, -0.1) is 0 Å². The van der Waals surface area contributed by atoms with E-state index in [9.17, 15) is 9.90 Å². The lowest BCUT2D eigenvalue weighted by atomic mass is 9.71. The van der Waals surface area contributed by atoms with Gasteiger partial charge in [-0.3, -0.25) is 14.4 Å². The van der Waals surface area contributed by atoms with E-state index >= 15 is 0 Å². The lowest BCUT2D eigenvalue weighted by molar-refractivity contribution is -0.134. The Hall–Kier alpha value is -2.18. The molecule has 1 aromatic heterocycles. The minimum absolute atomic E-state index is 0.128. The molecule has 0 aliphatic carbocycles. The number of aryl methyl sites for hydroxylation is 1. The third kappa shape index (κ3) is 3.98. The van der Waals surface area contributed by atoms with Gasteiger partial charge in [0.2, 0.25) is 5.91 Å². The number of hydrogen-bond acceptors (Lipinski definition) is 4. The van der Waals surface area contributed by atoms with Crippen LogP contribution in [-0.4, -0.2) is 63.4 Å². The number of hydrogen-bond donors (Lipinski definition) is 1. The molecule has 2 saturated heterocycles. The van der Waals surface area contributed by atoms with Crippen molar-refractivity contribution in [3.63, 3.8) is 0 Å². The molecule has 0 radical (unpaired) electrons. The van der Waals surface area contributed by atoms with E-state index in [-0.39, 0.29) is 17.9 Å². The SMILES string of the molecule is Cc1cnn(CC(=O)N2CCC3(CC2)CN(Cc2ccccc2)CC3CO)c1. The molecule has 3 heterocycles. The Morgan fingerprint density at radius 1 is 1.25 bits per heavy atom. The smallest absolute Gasteiger partial charge is 0.244 e. The van der Waals surface area contributed by atoms with Crippen molar-refractivity contribution in [3.05, 3.63) is 53.9 Å². The molecule has 1 atom stereocenters. The lowest BCUT2D eigenvalue weighted by Crippen LogP contribution is -2.47. The fourth-order valence-electron chi connectivity index (χ4n) is 4.92. The quantitative estimate of drug-likeness (QED) is 0.858. The normalized spacial score (nSPS) is 22.1. The van der Waals surface area contributed by atoms with Crippen molar-refractivity contribution in [2.45, 2.75) is 32.9 Å². The molecule has 28 heavy (non-hydrogen) atoms. The van der Waals surface area contributed by atoms with Crippen LogP contribution in [0, 0.1) is 18.3 Å². The van der Waals surface area contributed by atoms with Gasteiger partial charge in [-0.05, 0) is 36.3 Å². The molecule has 4 rings (SSSR count). The summed E-state index contributed by atoms with van der Waals surface area (Å²) in [7, 11) is 0. The summed E-state index contributed by atoms with van der Waals surface area (Å²) in [4.78, 5) is 17.1. The van der Waals surface area contributed by atoms with Crippen molar-refractivity contribution in [1.82, 2.24) is 19.6 Å². The first kappa shape index (κ1) is 19.2. The third-order valence-electron chi connectivity index (χ3n) is 6.52.